The van der Waals surface area contributed by atoms with E-state index < -0.39 is 48.9 Å². The molecule has 7 nitrogen and oxygen atoms in total. The molecule has 0 atom stereocenters. The van der Waals surface area contributed by atoms with Crippen molar-refractivity contribution in [2.24, 2.45) is 5.73 Å². The number of nitrogens with zero attached hydrogens (tertiary/aromatic N) is 1. The third-order valence-corrected chi connectivity index (χ3v) is 3.85. The Balaban J connectivity index is 1.92. The number of nitrogens with one attached hydrogen (secondary N) is 2. The molecule has 2 rings (SSSR count). The molecule has 1 saturated carbocycles. The van der Waals surface area contributed by atoms with Gasteiger partial charge in [-0.05, 0) is 12.8 Å². The molecule has 0 aromatic rings. The van der Waals surface area contributed by atoms with Crippen LogP contribution in [0.5, 0.6) is 0 Å². The predicted octanol–water partition coefficient (Wildman–Crippen LogP) is -0.439. The summed E-state index contributed by atoms with van der Waals surface area (Å²) < 4.78 is 25.8. The van der Waals surface area contributed by atoms with Gasteiger partial charge in [-0.3, -0.25) is 14.5 Å². The summed E-state index contributed by atoms with van der Waals surface area (Å²) in [5.74, 6) is -4.48. The minimum Gasteiger partial charge on any atom is -0.348 e. The molecule has 1 saturated heterocycles. The number of halogens is 2. The highest BCUT2D eigenvalue weighted by Gasteiger charge is 2.52. The maximum Gasteiger partial charge on any atom is 0.325 e. The molecule has 0 radical (unpaired) electrons. The summed E-state index contributed by atoms with van der Waals surface area (Å²) in [5.41, 5.74) is 3.94. The Morgan fingerprint density at radius 1 is 1.38 bits per heavy atom. The van der Waals surface area contributed by atoms with Crippen LogP contribution in [0.4, 0.5) is 13.6 Å². The van der Waals surface area contributed by atoms with Crippen molar-refractivity contribution in [3.63, 3.8) is 0 Å². The van der Waals surface area contributed by atoms with Crippen LogP contribution >= 0.6 is 0 Å². The van der Waals surface area contributed by atoms with Crippen LogP contribution in [0.15, 0.2) is 0 Å². The van der Waals surface area contributed by atoms with Gasteiger partial charge in [0.2, 0.25) is 5.91 Å². The molecule has 9 heteroatoms. The maximum atomic E-state index is 12.9. The lowest BCUT2D eigenvalue weighted by molar-refractivity contribution is -0.135. The zero-order valence-corrected chi connectivity index (χ0v) is 11.5. The van der Waals surface area contributed by atoms with Crippen molar-refractivity contribution in [3.8, 4) is 0 Å². The van der Waals surface area contributed by atoms with Crippen LogP contribution in [0.2, 0.25) is 0 Å². The van der Waals surface area contributed by atoms with E-state index in [0.717, 1.165) is 17.7 Å². The van der Waals surface area contributed by atoms with Gasteiger partial charge in [-0.2, -0.15) is 0 Å². The standard InChI is InChI=1S/C12H18F2N4O3/c13-12(14,6-15)7-16-8(19)5-18-9(20)11(17-10(18)21)3-1-2-4-11/h1-7,15H2,(H,16,19)(H,17,21). The fourth-order valence-corrected chi connectivity index (χ4v) is 2.64. The van der Waals surface area contributed by atoms with E-state index in [9.17, 15) is 23.2 Å². The number of hydrogen-bond donors (Lipinski definition) is 3. The second-order valence-corrected chi connectivity index (χ2v) is 5.45. The number of hydrogen-bond acceptors (Lipinski definition) is 4. The molecule has 0 unspecified atom stereocenters. The van der Waals surface area contributed by atoms with E-state index in [4.69, 9.17) is 5.73 Å². The third-order valence-electron chi connectivity index (χ3n) is 3.85. The van der Waals surface area contributed by atoms with Crippen LogP contribution in [0.3, 0.4) is 0 Å². The van der Waals surface area contributed by atoms with Crippen molar-refractivity contribution in [2.75, 3.05) is 19.6 Å². The maximum absolute atomic E-state index is 12.9. The Bertz CT molecular complexity index is 463. The number of carbonyl (C=O) groups excluding carboxylic acids is 3. The average molecular weight is 304 g/mol. The molecular formula is C12H18F2N4O3. The molecule has 21 heavy (non-hydrogen) atoms. The topological polar surface area (TPSA) is 105 Å². The number of urea groups is 1. The number of alkyl halides is 2. The molecule has 1 heterocycles. The molecule has 1 spiro atoms. The van der Waals surface area contributed by atoms with Crippen molar-refractivity contribution in [1.82, 2.24) is 15.5 Å². The van der Waals surface area contributed by atoms with Gasteiger partial charge in [-0.15, -0.1) is 0 Å². The van der Waals surface area contributed by atoms with Crippen molar-refractivity contribution < 1.29 is 23.2 Å². The van der Waals surface area contributed by atoms with Gasteiger partial charge in [-0.1, -0.05) is 12.8 Å². The fourth-order valence-electron chi connectivity index (χ4n) is 2.64. The summed E-state index contributed by atoms with van der Waals surface area (Å²) in [6.07, 6.45) is 2.74. The Hall–Kier alpha value is -1.77. The highest BCUT2D eigenvalue weighted by molar-refractivity contribution is 6.09. The zero-order valence-electron chi connectivity index (χ0n) is 11.5. The van der Waals surface area contributed by atoms with Crippen molar-refractivity contribution >= 4 is 17.8 Å². The van der Waals surface area contributed by atoms with Crippen molar-refractivity contribution in [3.05, 3.63) is 0 Å². The van der Waals surface area contributed by atoms with Crippen LogP contribution < -0.4 is 16.4 Å². The fraction of sp³-hybridized carbons (Fsp3) is 0.750. The Kier molecular flexibility index (Phi) is 4.13. The highest BCUT2D eigenvalue weighted by atomic mass is 19.3. The van der Waals surface area contributed by atoms with Crippen LogP contribution in [0, 0.1) is 0 Å². The zero-order chi connectivity index (χ0) is 15.7. The quantitative estimate of drug-likeness (QED) is 0.599. The first-order valence-electron chi connectivity index (χ1n) is 6.78. The SMILES string of the molecule is NCC(F)(F)CNC(=O)CN1C(=O)NC2(CCCC2)C1=O. The van der Waals surface area contributed by atoms with Crippen molar-refractivity contribution in [1.29, 1.82) is 0 Å². The molecule has 1 aliphatic heterocycles. The first-order chi connectivity index (χ1) is 9.80. The molecule has 0 bridgehead atoms. The predicted molar refractivity (Wildman–Crippen MR) is 68.5 cm³/mol. The third kappa shape index (κ3) is 3.12. The summed E-state index contributed by atoms with van der Waals surface area (Å²) >= 11 is 0. The Morgan fingerprint density at radius 3 is 2.57 bits per heavy atom. The number of carbonyl (C=O) groups is 3. The van der Waals surface area contributed by atoms with Crippen molar-refractivity contribution in [2.45, 2.75) is 37.1 Å². The summed E-state index contributed by atoms with van der Waals surface area (Å²) in [7, 11) is 0. The van der Waals surface area contributed by atoms with Crippen LogP contribution in [-0.4, -0.2) is 53.8 Å². The lowest BCUT2D eigenvalue weighted by Crippen LogP contribution is -2.47. The molecule has 2 fully saturated rings. The van der Waals surface area contributed by atoms with Gasteiger partial charge in [0.1, 0.15) is 12.1 Å². The molecule has 118 valence electrons. The number of nitrogens with two attached hydrogens (primary N) is 1. The van der Waals surface area contributed by atoms with Gasteiger partial charge in [0.05, 0.1) is 13.1 Å². The first kappa shape index (κ1) is 15.6. The molecule has 4 amide bonds. The molecule has 0 aromatic carbocycles. The van der Waals surface area contributed by atoms with E-state index in [0.29, 0.717) is 12.8 Å². The van der Waals surface area contributed by atoms with E-state index >= 15 is 0 Å². The monoisotopic (exact) mass is 304 g/mol. The summed E-state index contributed by atoms with van der Waals surface area (Å²) in [5, 5.41) is 4.59. The van der Waals surface area contributed by atoms with Crippen LogP contribution in [0.25, 0.3) is 0 Å². The minimum atomic E-state index is -3.21. The van der Waals surface area contributed by atoms with E-state index in [1.54, 1.807) is 0 Å². The summed E-state index contributed by atoms with van der Waals surface area (Å²) in [6.45, 7) is -2.37. The van der Waals surface area contributed by atoms with E-state index in [-0.39, 0.29) is 0 Å². The smallest absolute Gasteiger partial charge is 0.325 e. The minimum absolute atomic E-state index is 0.453. The van der Waals surface area contributed by atoms with E-state index in [1.165, 1.54) is 0 Å². The van der Waals surface area contributed by atoms with Gasteiger partial charge in [0.25, 0.3) is 11.8 Å². The van der Waals surface area contributed by atoms with Crippen LogP contribution in [0.1, 0.15) is 25.7 Å². The van der Waals surface area contributed by atoms with Gasteiger partial charge < -0.3 is 16.4 Å². The molecule has 2 aliphatic rings. The average Bonchev–Trinajstić information content (AvgIpc) is 2.99. The second-order valence-electron chi connectivity index (χ2n) is 5.45. The summed E-state index contributed by atoms with van der Waals surface area (Å²) in [4.78, 5) is 36.4. The highest BCUT2D eigenvalue weighted by Crippen LogP contribution is 2.34. The lowest BCUT2D eigenvalue weighted by atomic mass is 9.98. The first-order valence-corrected chi connectivity index (χ1v) is 6.78. The Labute approximate surface area is 120 Å². The largest absolute Gasteiger partial charge is 0.348 e. The number of imide groups is 1. The molecule has 4 N–H and O–H groups in total. The second kappa shape index (κ2) is 5.55. The van der Waals surface area contributed by atoms with Gasteiger partial charge in [0, 0.05) is 0 Å². The number of rotatable bonds is 5. The van der Waals surface area contributed by atoms with Gasteiger partial charge in [-0.25, -0.2) is 13.6 Å². The molecular weight excluding hydrogens is 286 g/mol. The van der Waals surface area contributed by atoms with Gasteiger partial charge in [0.15, 0.2) is 0 Å². The van der Waals surface area contributed by atoms with Crippen LogP contribution in [-0.2, 0) is 9.59 Å². The number of amides is 4. The molecule has 1 aliphatic carbocycles. The van der Waals surface area contributed by atoms with E-state index in [2.05, 4.69) is 5.32 Å². The van der Waals surface area contributed by atoms with Gasteiger partial charge >= 0.3 is 6.03 Å². The summed E-state index contributed by atoms with van der Waals surface area (Å²) in [6, 6.07) is -0.650. The normalized spacial score (nSPS) is 21.0. The Morgan fingerprint density at radius 2 is 2.00 bits per heavy atom. The van der Waals surface area contributed by atoms with E-state index in [1.807, 2.05) is 5.32 Å². The lowest BCUT2D eigenvalue weighted by Gasteiger charge is -2.20. The molecule has 0 aromatic heterocycles.